The molecule has 8 nitrogen and oxygen atoms in total. The van der Waals surface area contributed by atoms with Crippen molar-refractivity contribution in [1.82, 2.24) is 25.2 Å². The molecule has 1 amide bonds. The monoisotopic (exact) mass is 375 g/mol. The van der Waals surface area contributed by atoms with Gasteiger partial charge in [-0.25, -0.2) is 4.68 Å². The maximum Gasteiger partial charge on any atom is 0.296 e. The van der Waals surface area contributed by atoms with Crippen LogP contribution in [0.25, 0.3) is 10.9 Å². The first-order valence-electron chi connectivity index (χ1n) is 9.89. The van der Waals surface area contributed by atoms with Gasteiger partial charge in [-0.2, -0.15) is 5.10 Å². The quantitative estimate of drug-likeness (QED) is 0.793. The van der Waals surface area contributed by atoms with Crippen LogP contribution in [0.15, 0.2) is 9.32 Å². The molecule has 1 fully saturated rings. The van der Waals surface area contributed by atoms with E-state index in [1.807, 2.05) is 6.92 Å². The molecular formula is C19H29N5O3. The van der Waals surface area contributed by atoms with E-state index in [4.69, 9.17) is 4.52 Å². The molecule has 0 bridgehead atoms. The summed E-state index contributed by atoms with van der Waals surface area (Å²) < 4.78 is 6.48. The van der Waals surface area contributed by atoms with Gasteiger partial charge in [0.25, 0.3) is 5.56 Å². The van der Waals surface area contributed by atoms with Gasteiger partial charge < -0.3 is 14.7 Å². The third kappa shape index (κ3) is 4.94. The van der Waals surface area contributed by atoms with Crippen LogP contribution in [-0.4, -0.2) is 51.9 Å². The van der Waals surface area contributed by atoms with Crippen molar-refractivity contribution < 1.29 is 9.32 Å². The highest BCUT2D eigenvalue weighted by atomic mass is 16.5. The number of fused-ring (bicyclic) bond motifs is 1. The highest BCUT2D eigenvalue weighted by Gasteiger charge is 2.15. The van der Waals surface area contributed by atoms with Crippen LogP contribution in [0, 0.1) is 13.8 Å². The van der Waals surface area contributed by atoms with E-state index in [0.29, 0.717) is 48.3 Å². The summed E-state index contributed by atoms with van der Waals surface area (Å²) in [7, 11) is 0. The number of amides is 1. The highest BCUT2D eigenvalue weighted by molar-refractivity contribution is 5.81. The minimum Gasteiger partial charge on any atom is -0.360 e. The van der Waals surface area contributed by atoms with Crippen LogP contribution >= 0.6 is 0 Å². The molecule has 0 aliphatic carbocycles. The van der Waals surface area contributed by atoms with Gasteiger partial charge in [-0.1, -0.05) is 18.0 Å². The molecule has 3 rings (SSSR count). The number of hydrogen-bond acceptors (Lipinski definition) is 6. The predicted octanol–water partition coefficient (Wildman–Crippen LogP) is 1.77. The van der Waals surface area contributed by atoms with Crippen molar-refractivity contribution in [1.29, 1.82) is 0 Å². The van der Waals surface area contributed by atoms with Gasteiger partial charge in [0.05, 0.1) is 11.1 Å². The molecule has 1 saturated heterocycles. The summed E-state index contributed by atoms with van der Waals surface area (Å²) in [5, 5.41) is 11.8. The smallest absolute Gasteiger partial charge is 0.296 e. The van der Waals surface area contributed by atoms with E-state index in [1.54, 1.807) is 6.92 Å². The number of aryl methyl sites for hydroxylation is 3. The van der Waals surface area contributed by atoms with Crippen molar-refractivity contribution in [2.75, 3.05) is 26.2 Å². The number of nitrogens with zero attached hydrogens (tertiary/aromatic N) is 4. The van der Waals surface area contributed by atoms with Crippen LogP contribution in [-0.2, 0) is 11.3 Å². The Kier molecular flexibility index (Phi) is 6.60. The number of carbonyl (C=O) groups excluding carboxylic acids is 1. The van der Waals surface area contributed by atoms with Crippen molar-refractivity contribution in [2.45, 2.75) is 58.9 Å². The van der Waals surface area contributed by atoms with Crippen molar-refractivity contribution in [2.24, 2.45) is 0 Å². The van der Waals surface area contributed by atoms with Crippen molar-refractivity contribution in [3.8, 4) is 0 Å². The third-order valence-corrected chi connectivity index (χ3v) is 5.15. The Labute approximate surface area is 158 Å². The zero-order valence-electron chi connectivity index (χ0n) is 16.3. The van der Waals surface area contributed by atoms with Gasteiger partial charge in [0.15, 0.2) is 5.52 Å². The average molecular weight is 375 g/mol. The molecule has 148 valence electrons. The Bertz CT molecular complexity index is 834. The lowest BCUT2D eigenvalue weighted by atomic mass is 10.2. The summed E-state index contributed by atoms with van der Waals surface area (Å²) in [5.41, 5.74) is 0.751. The second-order valence-electron chi connectivity index (χ2n) is 7.29. The van der Waals surface area contributed by atoms with Crippen LogP contribution < -0.4 is 10.9 Å². The van der Waals surface area contributed by atoms with Crippen molar-refractivity contribution in [3.05, 3.63) is 21.8 Å². The van der Waals surface area contributed by atoms with Gasteiger partial charge in [0, 0.05) is 26.1 Å². The van der Waals surface area contributed by atoms with Gasteiger partial charge in [0.2, 0.25) is 5.91 Å². The first kappa shape index (κ1) is 19.5. The van der Waals surface area contributed by atoms with Gasteiger partial charge in [-0.05, 0) is 46.2 Å². The molecule has 0 spiro atoms. The van der Waals surface area contributed by atoms with Crippen LogP contribution in [0.1, 0.15) is 50.0 Å². The molecule has 0 atom stereocenters. The lowest BCUT2D eigenvalue weighted by molar-refractivity contribution is -0.121. The Morgan fingerprint density at radius 1 is 1.15 bits per heavy atom. The molecule has 27 heavy (non-hydrogen) atoms. The van der Waals surface area contributed by atoms with Gasteiger partial charge in [-0.3, -0.25) is 9.59 Å². The van der Waals surface area contributed by atoms with E-state index in [1.165, 1.54) is 30.4 Å². The average Bonchev–Trinajstić information content (AvgIpc) is 2.86. The number of nitrogens with one attached hydrogen (secondary N) is 1. The first-order valence-corrected chi connectivity index (χ1v) is 9.89. The summed E-state index contributed by atoms with van der Waals surface area (Å²) in [6, 6.07) is 0. The standard InChI is InChI=1S/C19H29N5O3/c1-14-17-15(2)27-22-18(17)19(26)24(21-14)12-7-8-16(25)20-9-13-23-10-5-3-4-6-11-23/h3-13H2,1-2H3,(H,20,25). The molecule has 1 aliphatic heterocycles. The maximum atomic E-state index is 12.4. The largest absolute Gasteiger partial charge is 0.360 e. The molecule has 2 aromatic rings. The molecule has 0 aromatic carbocycles. The van der Waals surface area contributed by atoms with Crippen LogP contribution in [0.5, 0.6) is 0 Å². The van der Waals surface area contributed by atoms with Gasteiger partial charge >= 0.3 is 0 Å². The Hall–Kier alpha value is -2.22. The van der Waals surface area contributed by atoms with E-state index < -0.39 is 0 Å². The van der Waals surface area contributed by atoms with E-state index in [2.05, 4.69) is 20.5 Å². The fourth-order valence-corrected chi connectivity index (χ4v) is 3.69. The lowest BCUT2D eigenvalue weighted by Crippen LogP contribution is -2.35. The summed E-state index contributed by atoms with van der Waals surface area (Å²) in [4.78, 5) is 26.9. The van der Waals surface area contributed by atoms with Crippen LogP contribution in [0.4, 0.5) is 0 Å². The number of aromatic nitrogens is 3. The zero-order valence-corrected chi connectivity index (χ0v) is 16.3. The predicted molar refractivity (Wildman–Crippen MR) is 103 cm³/mol. The second kappa shape index (κ2) is 9.12. The molecular weight excluding hydrogens is 346 g/mol. The summed E-state index contributed by atoms with van der Waals surface area (Å²) in [6.07, 6.45) is 6.08. The van der Waals surface area contributed by atoms with E-state index in [9.17, 15) is 9.59 Å². The van der Waals surface area contributed by atoms with Crippen molar-refractivity contribution >= 4 is 16.8 Å². The van der Waals surface area contributed by atoms with E-state index in [-0.39, 0.29) is 11.5 Å². The first-order chi connectivity index (χ1) is 13.1. The van der Waals surface area contributed by atoms with Crippen LogP contribution in [0.3, 0.4) is 0 Å². The fourth-order valence-electron chi connectivity index (χ4n) is 3.69. The normalized spacial score (nSPS) is 15.8. The number of hydrogen-bond donors (Lipinski definition) is 1. The SMILES string of the molecule is Cc1nn(CCCC(=O)NCCN2CCCCCC2)c(=O)c2noc(C)c12. The topological polar surface area (TPSA) is 93.3 Å². The summed E-state index contributed by atoms with van der Waals surface area (Å²) in [6.45, 7) is 7.85. The van der Waals surface area contributed by atoms with E-state index in [0.717, 1.165) is 19.6 Å². The van der Waals surface area contributed by atoms with E-state index >= 15 is 0 Å². The lowest BCUT2D eigenvalue weighted by Gasteiger charge is -2.19. The number of carbonyl (C=O) groups is 1. The van der Waals surface area contributed by atoms with Crippen molar-refractivity contribution in [3.63, 3.8) is 0 Å². The molecule has 0 radical (unpaired) electrons. The highest BCUT2D eigenvalue weighted by Crippen LogP contribution is 2.16. The number of rotatable bonds is 7. The molecule has 0 unspecified atom stereocenters. The molecule has 8 heteroatoms. The summed E-state index contributed by atoms with van der Waals surface area (Å²) >= 11 is 0. The molecule has 3 heterocycles. The Morgan fingerprint density at radius 3 is 2.63 bits per heavy atom. The van der Waals surface area contributed by atoms with Crippen LogP contribution in [0.2, 0.25) is 0 Å². The Balaban J connectivity index is 1.44. The maximum absolute atomic E-state index is 12.4. The number of likely N-dealkylation sites (tertiary alicyclic amines) is 1. The summed E-state index contributed by atoms with van der Waals surface area (Å²) in [5.74, 6) is 0.621. The minimum atomic E-state index is -0.269. The zero-order chi connectivity index (χ0) is 19.2. The molecule has 1 aliphatic rings. The Morgan fingerprint density at radius 2 is 1.89 bits per heavy atom. The molecule has 0 saturated carbocycles. The van der Waals surface area contributed by atoms with Gasteiger partial charge in [0.1, 0.15) is 5.76 Å². The van der Waals surface area contributed by atoms with Gasteiger partial charge in [-0.15, -0.1) is 0 Å². The third-order valence-electron chi connectivity index (χ3n) is 5.15. The molecule has 2 aromatic heterocycles. The molecule has 1 N–H and O–H groups in total. The fraction of sp³-hybridized carbons (Fsp3) is 0.684. The second-order valence-corrected chi connectivity index (χ2v) is 7.29. The minimum absolute atomic E-state index is 0.0213.